The Morgan fingerprint density at radius 3 is 1.92 bits per heavy atom. The Kier molecular flexibility index (Phi) is 10.00. The fourth-order valence-corrected chi connectivity index (χ4v) is 1.09. The number of nitrogens with zero attached hydrogens (tertiary/aromatic N) is 1. The van der Waals surface area contributed by atoms with Crippen LogP contribution in [0.1, 0.15) is 20.8 Å². The molecule has 74 valence electrons. The van der Waals surface area contributed by atoms with Crippen LogP contribution in [0.2, 0.25) is 6.32 Å². The smallest absolute Gasteiger partial charge is 0.449 e. The molecule has 6 heteroatoms. The third kappa shape index (κ3) is 9.75. The third-order valence-corrected chi connectivity index (χ3v) is 1.88. The van der Waals surface area contributed by atoms with E-state index in [4.69, 9.17) is 0 Å². The molecule has 0 N–H and O–H groups in total. The number of hydrogen-bond donors (Lipinski definition) is 0. The van der Waals surface area contributed by atoms with Gasteiger partial charge in [-0.3, -0.25) is 0 Å². The zero-order chi connectivity index (χ0) is 9.78. The van der Waals surface area contributed by atoms with Crippen LogP contribution < -0.4 is 51.4 Å². The molecular weight excluding hydrogens is 205 g/mol. The van der Waals surface area contributed by atoms with Crippen molar-refractivity contribution in [3.63, 3.8) is 0 Å². The predicted molar refractivity (Wildman–Crippen MR) is 46.3 cm³/mol. The van der Waals surface area contributed by atoms with Crippen LogP contribution >= 0.6 is 0 Å². The van der Waals surface area contributed by atoms with Crippen molar-refractivity contribution in [2.75, 3.05) is 13.1 Å². The third-order valence-electron chi connectivity index (χ3n) is 1.88. The molecule has 0 rings (SSSR count). The summed E-state index contributed by atoms with van der Waals surface area (Å²) in [6, 6.07) is 0.202. The fourth-order valence-electron chi connectivity index (χ4n) is 1.09. The molecule has 0 radical (unpaired) electrons. The molecule has 0 aromatic heterocycles. The van der Waals surface area contributed by atoms with Crippen LogP contribution in [-0.4, -0.2) is 31.0 Å². The van der Waals surface area contributed by atoms with Crippen molar-refractivity contribution < 1.29 is 64.3 Å². The van der Waals surface area contributed by atoms with Crippen LogP contribution in [0.15, 0.2) is 0 Å². The van der Waals surface area contributed by atoms with Gasteiger partial charge in [0.2, 0.25) is 0 Å². The van der Waals surface area contributed by atoms with E-state index in [0.717, 1.165) is 0 Å². The summed E-state index contributed by atoms with van der Waals surface area (Å²) in [5, 5.41) is 0. The molecule has 0 saturated carbocycles. The van der Waals surface area contributed by atoms with Gasteiger partial charge in [-0.2, -0.15) is 0 Å². The van der Waals surface area contributed by atoms with Gasteiger partial charge in [0.05, 0.1) is 0 Å². The predicted octanol–water partition coefficient (Wildman–Crippen LogP) is -0.432. The Balaban J connectivity index is 0. The summed E-state index contributed by atoms with van der Waals surface area (Å²) in [7, 11) is 0. The van der Waals surface area contributed by atoms with Gasteiger partial charge >= 0.3 is 58.4 Å². The maximum atomic E-state index is 11.9. The SMILES string of the molecule is CCN(CC[B-](F)(F)F)C(C)C.[K+]. The van der Waals surface area contributed by atoms with Crippen molar-refractivity contribution in [1.82, 2.24) is 4.90 Å². The molecule has 0 bridgehead atoms. The van der Waals surface area contributed by atoms with Crippen LogP contribution in [0.25, 0.3) is 0 Å². The van der Waals surface area contributed by atoms with Crippen molar-refractivity contribution in [3.8, 4) is 0 Å². The minimum Gasteiger partial charge on any atom is -0.449 e. The van der Waals surface area contributed by atoms with Crippen molar-refractivity contribution in [2.45, 2.75) is 33.1 Å². The van der Waals surface area contributed by atoms with Crippen molar-refractivity contribution in [2.24, 2.45) is 0 Å². The fraction of sp³-hybridized carbons (Fsp3) is 1.00. The second-order valence-corrected chi connectivity index (χ2v) is 3.22. The van der Waals surface area contributed by atoms with E-state index in [1.165, 1.54) is 0 Å². The van der Waals surface area contributed by atoms with Gasteiger partial charge in [0.15, 0.2) is 0 Å². The summed E-state index contributed by atoms with van der Waals surface area (Å²) in [4.78, 5) is 1.81. The minimum absolute atomic E-state index is 0. The van der Waals surface area contributed by atoms with E-state index in [2.05, 4.69) is 0 Å². The average molecular weight is 221 g/mol. The second kappa shape index (κ2) is 7.71. The van der Waals surface area contributed by atoms with Crippen molar-refractivity contribution in [1.29, 1.82) is 0 Å². The summed E-state index contributed by atoms with van der Waals surface area (Å²) in [6.07, 6.45) is -0.647. The molecule has 0 amide bonds. The largest absolute Gasteiger partial charge is 1.00 e. The molecule has 0 aromatic carbocycles. The van der Waals surface area contributed by atoms with Crippen LogP contribution in [0.5, 0.6) is 0 Å². The van der Waals surface area contributed by atoms with Gasteiger partial charge in [0, 0.05) is 6.04 Å². The van der Waals surface area contributed by atoms with Crippen LogP contribution in [0.3, 0.4) is 0 Å². The minimum atomic E-state index is -4.61. The molecule has 0 heterocycles. The van der Waals surface area contributed by atoms with E-state index in [9.17, 15) is 12.9 Å². The monoisotopic (exact) mass is 221 g/mol. The van der Waals surface area contributed by atoms with Gasteiger partial charge in [-0.1, -0.05) is 13.2 Å². The summed E-state index contributed by atoms with van der Waals surface area (Å²) < 4.78 is 35.6. The molecule has 0 aromatic rings. The molecule has 0 spiro atoms. The molecule has 0 aliphatic heterocycles. The van der Waals surface area contributed by atoms with Crippen LogP contribution in [-0.2, 0) is 0 Å². The molecule has 0 aliphatic carbocycles. The van der Waals surface area contributed by atoms with E-state index in [1.807, 2.05) is 25.7 Å². The number of rotatable bonds is 5. The van der Waals surface area contributed by atoms with Gasteiger partial charge in [-0.15, -0.1) is 0 Å². The Hall–Kier alpha value is 1.45. The number of halogens is 3. The average Bonchev–Trinajstić information content (AvgIpc) is 1.85. The summed E-state index contributed by atoms with van der Waals surface area (Å²) in [5.41, 5.74) is 0. The Morgan fingerprint density at radius 2 is 1.69 bits per heavy atom. The van der Waals surface area contributed by atoms with Gasteiger partial charge in [-0.05, 0) is 26.9 Å². The zero-order valence-corrected chi connectivity index (χ0v) is 12.0. The van der Waals surface area contributed by atoms with Crippen molar-refractivity contribution >= 4 is 6.98 Å². The number of hydrogen-bond acceptors (Lipinski definition) is 1. The topological polar surface area (TPSA) is 3.24 Å². The normalized spacial score (nSPS) is 12.0. The molecule has 0 aliphatic rings. The Bertz CT molecular complexity index is 129. The molecule has 0 atom stereocenters. The summed E-state index contributed by atoms with van der Waals surface area (Å²) in [5.74, 6) is 0. The molecule has 1 nitrogen and oxygen atoms in total. The standard InChI is InChI=1S/C7H16BF3N.K/c1-4-12(7(2)3)6-5-8(9,10)11;/h7H,4-6H2,1-3H3;/q-1;+1. The van der Waals surface area contributed by atoms with Gasteiger partial charge in [-0.25, -0.2) is 0 Å². The summed E-state index contributed by atoms with van der Waals surface area (Å²) >= 11 is 0. The van der Waals surface area contributed by atoms with Gasteiger partial charge in [0.25, 0.3) is 0 Å². The Labute approximate surface area is 121 Å². The molecule has 0 unspecified atom stereocenters. The Morgan fingerprint density at radius 1 is 1.23 bits per heavy atom. The van der Waals surface area contributed by atoms with Gasteiger partial charge < -0.3 is 17.8 Å². The van der Waals surface area contributed by atoms with Gasteiger partial charge in [0.1, 0.15) is 0 Å². The maximum Gasteiger partial charge on any atom is 1.00 e. The molecule has 0 saturated heterocycles. The maximum absolute atomic E-state index is 11.9. The first-order valence-electron chi connectivity index (χ1n) is 4.32. The van der Waals surface area contributed by atoms with E-state index < -0.39 is 13.3 Å². The van der Waals surface area contributed by atoms with E-state index in [1.54, 1.807) is 0 Å². The van der Waals surface area contributed by atoms with E-state index >= 15 is 0 Å². The first-order chi connectivity index (χ1) is 5.37. The quantitative estimate of drug-likeness (QED) is 0.569. The molecule has 13 heavy (non-hydrogen) atoms. The second-order valence-electron chi connectivity index (χ2n) is 3.22. The summed E-state index contributed by atoms with van der Waals surface area (Å²) in [6.45, 7) is 1.91. The zero-order valence-electron chi connectivity index (χ0n) is 8.86. The first kappa shape index (κ1) is 16.9. The van der Waals surface area contributed by atoms with Crippen molar-refractivity contribution in [3.05, 3.63) is 0 Å². The van der Waals surface area contributed by atoms with Crippen LogP contribution in [0, 0.1) is 0 Å². The van der Waals surface area contributed by atoms with Crippen LogP contribution in [0.4, 0.5) is 12.9 Å². The first-order valence-corrected chi connectivity index (χ1v) is 4.32. The van der Waals surface area contributed by atoms with E-state index in [-0.39, 0.29) is 64.0 Å². The molecule has 0 fully saturated rings. The molecular formula is C7H16BF3KN. The van der Waals surface area contributed by atoms with E-state index in [0.29, 0.717) is 6.54 Å².